The molecule has 0 aromatic carbocycles. The highest BCUT2D eigenvalue weighted by atomic mass is 16.5. The molecule has 0 saturated carbocycles. The van der Waals surface area contributed by atoms with E-state index in [0.29, 0.717) is 18.8 Å². The van der Waals surface area contributed by atoms with Crippen LogP contribution >= 0.6 is 0 Å². The molecule has 1 heterocycles. The SMILES string of the molecule is CCn1cccc1C(=O)NCCNCCOC. The molecule has 0 aliphatic rings. The highest BCUT2D eigenvalue weighted by molar-refractivity contribution is 5.92. The number of methoxy groups -OCH3 is 1. The standard InChI is InChI=1S/C12H21N3O2/c1-3-15-9-4-5-11(15)12(16)14-7-6-13-8-10-17-2/h4-5,9,13H,3,6-8,10H2,1-2H3,(H,14,16). The first kappa shape index (κ1) is 13.7. The molecule has 2 N–H and O–H groups in total. The number of amides is 1. The Bertz CT molecular complexity index is 336. The Morgan fingerprint density at radius 2 is 2.24 bits per heavy atom. The third-order valence-corrected chi connectivity index (χ3v) is 2.47. The maximum absolute atomic E-state index is 11.8. The summed E-state index contributed by atoms with van der Waals surface area (Å²) in [5, 5.41) is 6.04. The number of nitrogens with one attached hydrogen (secondary N) is 2. The van der Waals surface area contributed by atoms with E-state index in [4.69, 9.17) is 4.74 Å². The highest BCUT2D eigenvalue weighted by Gasteiger charge is 2.08. The Morgan fingerprint density at radius 3 is 2.94 bits per heavy atom. The van der Waals surface area contributed by atoms with Crippen LogP contribution in [0.3, 0.4) is 0 Å². The summed E-state index contributed by atoms with van der Waals surface area (Å²) in [6.07, 6.45) is 1.91. The van der Waals surface area contributed by atoms with Crippen LogP contribution in [0, 0.1) is 0 Å². The topological polar surface area (TPSA) is 55.3 Å². The summed E-state index contributed by atoms with van der Waals surface area (Å²) in [4.78, 5) is 11.8. The van der Waals surface area contributed by atoms with Gasteiger partial charge < -0.3 is 19.9 Å². The van der Waals surface area contributed by atoms with Crippen molar-refractivity contribution in [3.63, 3.8) is 0 Å². The van der Waals surface area contributed by atoms with Crippen molar-refractivity contribution in [2.75, 3.05) is 33.4 Å². The van der Waals surface area contributed by atoms with Crippen LogP contribution in [0.4, 0.5) is 0 Å². The van der Waals surface area contributed by atoms with E-state index in [9.17, 15) is 4.79 Å². The van der Waals surface area contributed by atoms with Gasteiger partial charge in [-0.2, -0.15) is 0 Å². The zero-order chi connectivity index (χ0) is 12.5. The van der Waals surface area contributed by atoms with E-state index in [2.05, 4.69) is 10.6 Å². The van der Waals surface area contributed by atoms with Crippen LogP contribution in [-0.2, 0) is 11.3 Å². The van der Waals surface area contributed by atoms with Crippen molar-refractivity contribution >= 4 is 5.91 Å². The summed E-state index contributed by atoms with van der Waals surface area (Å²) in [5.74, 6) is -0.0228. The monoisotopic (exact) mass is 239 g/mol. The average molecular weight is 239 g/mol. The van der Waals surface area contributed by atoms with Crippen molar-refractivity contribution in [2.24, 2.45) is 0 Å². The number of carbonyl (C=O) groups excluding carboxylic acids is 1. The van der Waals surface area contributed by atoms with Gasteiger partial charge in [0.1, 0.15) is 5.69 Å². The molecule has 1 aromatic rings. The Kier molecular flexibility index (Phi) is 6.35. The van der Waals surface area contributed by atoms with Gasteiger partial charge in [-0.3, -0.25) is 4.79 Å². The number of hydrogen-bond acceptors (Lipinski definition) is 3. The number of ether oxygens (including phenoxy) is 1. The summed E-state index contributed by atoms with van der Waals surface area (Å²) in [6, 6.07) is 3.71. The molecule has 5 nitrogen and oxygen atoms in total. The smallest absolute Gasteiger partial charge is 0.267 e. The van der Waals surface area contributed by atoms with Crippen LogP contribution in [0.2, 0.25) is 0 Å². The van der Waals surface area contributed by atoms with Gasteiger partial charge in [-0.05, 0) is 19.1 Å². The van der Waals surface area contributed by atoms with Crippen LogP contribution in [0.5, 0.6) is 0 Å². The number of aromatic nitrogens is 1. The largest absolute Gasteiger partial charge is 0.383 e. The second kappa shape index (κ2) is 7.86. The maximum atomic E-state index is 11.8. The first-order chi connectivity index (χ1) is 8.29. The number of carbonyl (C=O) groups is 1. The third-order valence-electron chi connectivity index (χ3n) is 2.47. The van der Waals surface area contributed by atoms with Crippen LogP contribution in [0.25, 0.3) is 0 Å². The fraction of sp³-hybridized carbons (Fsp3) is 0.583. The van der Waals surface area contributed by atoms with Crippen LogP contribution in [0.1, 0.15) is 17.4 Å². The molecule has 0 saturated heterocycles. The Morgan fingerprint density at radius 1 is 1.41 bits per heavy atom. The summed E-state index contributed by atoms with van der Waals surface area (Å²) < 4.78 is 6.83. The van der Waals surface area contributed by atoms with Crippen molar-refractivity contribution in [2.45, 2.75) is 13.5 Å². The molecule has 0 radical (unpaired) electrons. The lowest BCUT2D eigenvalue weighted by Crippen LogP contribution is -2.33. The predicted molar refractivity (Wildman–Crippen MR) is 67.2 cm³/mol. The van der Waals surface area contributed by atoms with E-state index in [1.807, 2.05) is 29.8 Å². The van der Waals surface area contributed by atoms with Gasteiger partial charge in [-0.1, -0.05) is 0 Å². The number of hydrogen-bond donors (Lipinski definition) is 2. The van der Waals surface area contributed by atoms with Crippen LogP contribution < -0.4 is 10.6 Å². The molecule has 1 amide bonds. The molecule has 5 heteroatoms. The second-order valence-electron chi connectivity index (χ2n) is 3.68. The van der Waals surface area contributed by atoms with Gasteiger partial charge in [-0.15, -0.1) is 0 Å². The van der Waals surface area contributed by atoms with E-state index in [-0.39, 0.29) is 5.91 Å². The molecule has 0 spiro atoms. The predicted octanol–water partition coefficient (Wildman–Crippen LogP) is 0.474. The van der Waals surface area contributed by atoms with Gasteiger partial charge in [-0.25, -0.2) is 0 Å². The fourth-order valence-electron chi connectivity index (χ4n) is 1.55. The van der Waals surface area contributed by atoms with Gasteiger partial charge in [0.15, 0.2) is 0 Å². The van der Waals surface area contributed by atoms with Gasteiger partial charge in [0, 0.05) is 39.5 Å². The molecular formula is C12H21N3O2. The normalized spacial score (nSPS) is 10.5. The molecule has 17 heavy (non-hydrogen) atoms. The van der Waals surface area contributed by atoms with E-state index in [1.54, 1.807) is 7.11 Å². The van der Waals surface area contributed by atoms with Crippen molar-refractivity contribution in [3.8, 4) is 0 Å². The molecule has 0 bridgehead atoms. The Balaban J connectivity index is 2.21. The van der Waals surface area contributed by atoms with Gasteiger partial charge in [0.2, 0.25) is 0 Å². The lowest BCUT2D eigenvalue weighted by atomic mass is 10.4. The van der Waals surface area contributed by atoms with E-state index in [0.717, 1.165) is 19.6 Å². The van der Waals surface area contributed by atoms with Crippen molar-refractivity contribution in [1.29, 1.82) is 0 Å². The Hall–Kier alpha value is -1.33. The minimum Gasteiger partial charge on any atom is -0.383 e. The van der Waals surface area contributed by atoms with E-state index in [1.165, 1.54) is 0 Å². The zero-order valence-corrected chi connectivity index (χ0v) is 10.5. The number of rotatable bonds is 8. The van der Waals surface area contributed by atoms with E-state index >= 15 is 0 Å². The van der Waals surface area contributed by atoms with E-state index < -0.39 is 0 Å². The second-order valence-corrected chi connectivity index (χ2v) is 3.68. The lowest BCUT2D eigenvalue weighted by molar-refractivity contribution is 0.0944. The minimum atomic E-state index is -0.0228. The van der Waals surface area contributed by atoms with Crippen molar-refractivity contribution < 1.29 is 9.53 Å². The average Bonchev–Trinajstić information content (AvgIpc) is 2.81. The summed E-state index contributed by atoms with van der Waals surface area (Å²) in [5.41, 5.74) is 0.712. The van der Waals surface area contributed by atoms with Crippen molar-refractivity contribution in [1.82, 2.24) is 15.2 Å². The highest BCUT2D eigenvalue weighted by Crippen LogP contribution is 2.01. The zero-order valence-electron chi connectivity index (χ0n) is 10.5. The summed E-state index contributed by atoms with van der Waals surface area (Å²) in [6.45, 7) is 5.69. The summed E-state index contributed by atoms with van der Waals surface area (Å²) in [7, 11) is 1.67. The first-order valence-electron chi connectivity index (χ1n) is 5.92. The van der Waals surface area contributed by atoms with Crippen LogP contribution in [-0.4, -0.2) is 43.8 Å². The molecule has 96 valence electrons. The molecule has 0 aliphatic heterocycles. The molecule has 1 rings (SSSR count). The minimum absolute atomic E-state index is 0.0228. The number of aryl methyl sites for hydroxylation is 1. The lowest BCUT2D eigenvalue weighted by Gasteiger charge is -2.08. The van der Waals surface area contributed by atoms with Crippen LogP contribution in [0.15, 0.2) is 18.3 Å². The maximum Gasteiger partial charge on any atom is 0.267 e. The number of nitrogens with zero attached hydrogens (tertiary/aromatic N) is 1. The van der Waals surface area contributed by atoms with Gasteiger partial charge >= 0.3 is 0 Å². The van der Waals surface area contributed by atoms with Gasteiger partial charge in [0.25, 0.3) is 5.91 Å². The quantitative estimate of drug-likeness (QED) is 0.649. The molecule has 0 fully saturated rings. The molecular weight excluding hydrogens is 218 g/mol. The molecule has 0 atom stereocenters. The third kappa shape index (κ3) is 4.58. The van der Waals surface area contributed by atoms with Gasteiger partial charge in [0.05, 0.1) is 6.61 Å². The molecule has 0 unspecified atom stereocenters. The fourth-order valence-corrected chi connectivity index (χ4v) is 1.55. The molecule has 0 aliphatic carbocycles. The van der Waals surface area contributed by atoms with Crippen molar-refractivity contribution in [3.05, 3.63) is 24.0 Å². The first-order valence-corrected chi connectivity index (χ1v) is 5.92. The molecule has 1 aromatic heterocycles. The Labute approximate surface area is 102 Å². The summed E-state index contributed by atoms with van der Waals surface area (Å²) >= 11 is 0.